The van der Waals surface area contributed by atoms with Crippen LogP contribution in [0.1, 0.15) is 17.7 Å². The third kappa shape index (κ3) is 2.09. The normalized spacial score (nSPS) is 23.5. The SMILES string of the molecule is N#Cc1ccccc1-c1ccc(CN2C[C@@H]3C[C@H]2C(=O)N3)o1. The van der Waals surface area contributed by atoms with Gasteiger partial charge in [0.05, 0.1) is 24.2 Å². The van der Waals surface area contributed by atoms with E-state index in [-0.39, 0.29) is 18.0 Å². The minimum atomic E-state index is -0.0232. The van der Waals surface area contributed by atoms with E-state index in [9.17, 15) is 10.1 Å². The number of likely N-dealkylation sites (tertiary alicyclic amines) is 1. The zero-order valence-corrected chi connectivity index (χ0v) is 12.0. The second-order valence-corrected chi connectivity index (χ2v) is 5.81. The first-order valence-corrected chi connectivity index (χ1v) is 7.37. The average Bonchev–Trinajstić information content (AvgIpc) is 3.23. The molecule has 4 rings (SSSR count). The van der Waals surface area contributed by atoms with Crippen molar-refractivity contribution in [1.29, 1.82) is 5.26 Å². The molecule has 110 valence electrons. The fourth-order valence-electron chi connectivity index (χ4n) is 3.36. The highest BCUT2D eigenvalue weighted by atomic mass is 16.3. The van der Waals surface area contributed by atoms with Crippen LogP contribution in [0.2, 0.25) is 0 Å². The van der Waals surface area contributed by atoms with Crippen molar-refractivity contribution in [3.05, 3.63) is 47.7 Å². The summed E-state index contributed by atoms with van der Waals surface area (Å²) in [6, 6.07) is 13.6. The molecule has 2 fully saturated rings. The molecule has 2 aliphatic heterocycles. The minimum absolute atomic E-state index is 0.0232. The summed E-state index contributed by atoms with van der Waals surface area (Å²) in [6.07, 6.45) is 0.893. The average molecular weight is 293 g/mol. The van der Waals surface area contributed by atoms with Gasteiger partial charge < -0.3 is 9.73 Å². The number of piperazine rings is 1. The Morgan fingerprint density at radius 3 is 2.95 bits per heavy atom. The summed E-state index contributed by atoms with van der Waals surface area (Å²) in [5, 5.41) is 12.1. The molecule has 1 N–H and O–H groups in total. The summed E-state index contributed by atoms with van der Waals surface area (Å²) in [6.45, 7) is 1.50. The van der Waals surface area contributed by atoms with E-state index in [2.05, 4.69) is 16.3 Å². The molecule has 3 heterocycles. The molecular formula is C17H15N3O2. The molecular weight excluding hydrogens is 278 g/mol. The van der Waals surface area contributed by atoms with Gasteiger partial charge in [-0.1, -0.05) is 12.1 Å². The number of amides is 1. The number of fused-ring (bicyclic) bond motifs is 2. The highest BCUT2D eigenvalue weighted by Gasteiger charge is 2.43. The van der Waals surface area contributed by atoms with Crippen LogP contribution in [-0.4, -0.2) is 29.4 Å². The van der Waals surface area contributed by atoms with Crippen molar-refractivity contribution in [3.63, 3.8) is 0 Å². The van der Waals surface area contributed by atoms with Gasteiger partial charge in [0, 0.05) is 18.2 Å². The van der Waals surface area contributed by atoms with E-state index in [1.165, 1.54) is 0 Å². The fourth-order valence-corrected chi connectivity index (χ4v) is 3.36. The first-order valence-electron chi connectivity index (χ1n) is 7.37. The Labute approximate surface area is 128 Å². The summed E-state index contributed by atoms with van der Waals surface area (Å²) in [5.41, 5.74) is 1.40. The van der Waals surface area contributed by atoms with Gasteiger partial charge in [0.1, 0.15) is 11.5 Å². The molecule has 22 heavy (non-hydrogen) atoms. The van der Waals surface area contributed by atoms with Crippen LogP contribution in [0.4, 0.5) is 0 Å². The van der Waals surface area contributed by atoms with Crippen molar-refractivity contribution in [2.75, 3.05) is 6.54 Å². The van der Waals surface area contributed by atoms with Crippen molar-refractivity contribution < 1.29 is 9.21 Å². The Kier molecular flexibility index (Phi) is 2.98. The molecule has 1 aromatic carbocycles. The Morgan fingerprint density at radius 1 is 1.32 bits per heavy atom. The molecule has 2 aromatic rings. The summed E-state index contributed by atoms with van der Waals surface area (Å²) in [7, 11) is 0. The number of nitrogens with one attached hydrogen (secondary N) is 1. The van der Waals surface area contributed by atoms with Crippen LogP contribution in [-0.2, 0) is 11.3 Å². The van der Waals surface area contributed by atoms with Crippen molar-refractivity contribution >= 4 is 5.91 Å². The monoisotopic (exact) mass is 293 g/mol. The summed E-state index contributed by atoms with van der Waals surface area (Å²) in [5.74, 6) is 1.64. The predicted molar refractivity (Wildman–Crippen MR) is 79.6 cm³/mol. The standard InChI is InChI=1S/C17H15N3O2/c18-8-11-3-1-2-4-14(11)16-6-5-13(22-16)10-20-9-12-7-15(20)17(21)19-12/h1-6,12,15H,7,9-10H2,(H,19,21)/t12-,15-/m0/s1. The zero-order chi connectivity index (χ0) is 15.1. The lowest BCUT2D eigenvalue weighted by Gasteiger charge is -2.25. The maximum Gasteiger partial charge on any atom is 0.237 e. The smallest absolute Gasteiger partial charge is 0.237 e. The van der Waals surface area contributed by atoms with Crippen LogP contribution in [0.15, 0.2) is 40.8 Å². The van der Waals surface area contributed by atoms with E-state index in [1.54, 1.807) is 6.07 Å². The van der Waals surface area contributed by atoms with Gasteiger partial charge in [-0.05, 0) is 30.7 Å². The lowest BCUT2D eigenvalue weighted by Crippen LogP contribution is -2.47. The van der Waals surface area contributed by atoms with Crippen LogP contribution >= 0.6 is 0 Å². The number of nitriles is 1. The first kappa shape index (κ1) is 13.1. The molecule has 0 saturated carbocycles. The predicted octanol–water partition coefficient (Wildman–Crippen LogP) is 1.89. The van der Waals surface area contributed by atoms with E-state index in [1.807, 2.05) is 30.3 Å². The number of carbonyl (C=O) groups is 1. The maximum absolute atomic E-state index is 11.7. The number of hydrogen-bond donors (Lipinski definition) is 1. The number of furan rings is 1. The van der Waals surface area contributed by atoms with Gasteiger partial charge >= 0.3 is 0 Å². The number of benzene rings is 1. The van der Waals surface area contributed by atoms with Gasteiger partial charge in [-0.25, -0.2) is 0 Å². The quantitative estimate of drug-likeness (QED) is 0.938. The van der Waals surface area contributed by atoms with Crippen molar-refractivity contribution in [3.8, 4) is 17.4 Å². The number of hydrogen-bond acceptors (Lipinski definition) is 4. The van der Waals surface area contributed by atoms with Crippen LogP contribution < -0.4 is 5.32 Å². The van der Waals surface area contributed by atoms with E-state index in [0.717, 1.165) is 24.3 Å². The number of nitrogens with zero attached hydrogens (tertiary/aromatic N) is 2. The molecule has 2 atom stereocenters. The maximum atomic E-state index is 11.7. The van der Waals surface area contributed by atoms with Gasteiger partial charge in [-0.15, -0.1) is 0 Å². The van der Waals surface area contributed by atoms with Gasteiger partial charge in [0.15, 0.2) is 0 Å². The van der Waals surface area contributed by atoms with Gasteiger partial charge in [0.2, 0.25) is 5.91 Å². The van der Waals surface area contributed by atoms with Crippen LogP contribution in [0, 0.1) is 11.3 Å². The third-order valence-corrected chi connectivity index (χ3v) is 4.39. The summed E-state index contributed by atoms with van der Waals surface area (Å²) >= 11 is 0. The molecule has 0 aliphatic carbocycles. The highest BCUT2D eigenvalue weighted by Crippen LogP contribution is 2.29. The molecule has 0 radical (unpaired) electrons. The Morgan fingerprint density at radius 2 is 2.18 bits per heavy atom. The van der Waals surface area contributed by atoms with E-state index < -0.39 is 0 Å². The molecule has 5 nitrogen and oxygen atoms in total. The van der Waals surface area contributed by atoms with Gasteiger partial charge in [-0.2, -0.15) is 5.26 Å². The minimum Gasteiger partial charge on any atom is -0.460 e. The topological polar surface area (TPSA) is 69.3 Å². The summed E-state index contributed by atoms with van der Waals surface area (Å²) < 4.78 is 5.89. The second kappa shape index (κ2) is 5.00. The van der Waals surface area contributed by atoms with Crippen molar-refractivity contribution in [1.82, 2.24) is 10.2 Å². The molecule has 0 unspecified atom stereocenters. The Hall–Kier alpha value is -2.58. The van der Waals surface area contributed by atoms with Gasteiger partial charge in [0.25, 0.3) is 0 Å². The van der Waals surface area contributed by atoms with Crippen LogP contribution in [0.25, 0.3) is 11.3 Å². The van der Waals surface area contributed by atoms with Crippen molar-refractivity contribution in [2.24, 2.45) is 0 Å². The molecule has 2 saturated heterocycles. The molecule has 1 amide bonds. The lowest BCUT2D eigenvalue weighted by atomic mass is 10.1. The lowest BCUT2D eigenvalue weighted by molar-refractivity contribution is -0.125. The molecule has 1 aromatic heterocycles. The Bertz CT molecular complexity index is 774. The number of rotatable bonds is 3. The molecule has 2 bridgehead atoms. The molecule has 5 heteroatoms. The van der Waals surface area contributed by atoms with Crippen LogP contribution in [0.5, 0.6) is 0 Å². The number of carbonyl (C=O) groups excluding carboxylic acids is 1. The highest BCUT2D eigenvalue weighted by molar-refractivity contribution is 5.85. The largest absolute Gasteiger partial charge is 0.460 e. The van der Waals surface area contributed by atoms with Gasteiger partial charge in [-0.3, -0.25) is 9.69 Å². The zero-order valence-electron chi connectivity index (χ0n) is 12.0. The summed E-state index contributed by atoms with van der Waals surface area (Å²) in [4.78, 5) is 13.9. The van der Waals surface area contributed by atoms with E-state index in [0.29, 0.717) is 17.9 Å². The Balaban J connectivity index is 1.55. The van der Waals surface area contributed by atoms with E-state index >= 15 is 0 Å². The van der Waals surface area contributed by atoms with Crippen LogP contribution in [0.3, 0.4) is 0 Å². The fraction of sp³-hybridized carbons (Fsp3) is 0.294. The molecule has 2 aliphatic rings. The second-order valence-electron chi connectivity index (χ2n) is 5.81. The van der Waals surface area contributed by atoms with E-state index in [4.69, 9.17) is 4.42 Å². The van der Waals surface area contributed by atoms with Crippen molar-refractivity contribution in [2.45, 2.75) is 25.0 Å². The first-order chi connectivity index (χ1) is 10.7. The molecule has 0 spiro atoms. The third-order valence-electron chi connectivity index (χ3n) is 4.39.